The Balaban J connectivity index is 2.09. The van der Waals surface area contributed by atoms with E-state index in [-0.39, 0.29) is 11.1 Å². The van der Waals surface area contributed by atoms with Crippen LogP contribution in [0.15, 0.2) is 0 Å². The molecule has 1 N–H and O–H groups in total. The van der Waals surface area contributed by atoms with E-state index in [1.54, 1.807) is 4.90 Å². The van der Waals surface area contributed by atoms with Gasteiger partial charge in [-0.05, 0) is 6.42 Å². The molecule has 1 aliphatic rings. The molecule has 0 saturated carbocycles. The molecule has 0 amide bonds. The number of halogens is 2. The van der Waals surface area contributed by atoms with Gasteiger partial charge in [0.15, 0.2) is 5.01 Å². The van der Waals surface area contributed by atoms with Gasteiger partial charge in [0, 0.05) is 13.1 Å². The summed E-state index contributed by atoms with van der Waals surface area (Å²) in [4.78, 5) is 1.77. The van der Waals surface area contributed by atoms with Crippen molar-refractivity contribution in [2.75, 3.05) is 18.0 Å². The summed E-state index contributed by atoms with van der Waals surface area (Å²) >= 11 is 0.883. The Morgan fingerprint density at radius 1 is 1.50 bits per heavy atom. The summed E-state index contributed by atoms with van der Waals surface area (Å²) in [5, 5.41) is 16.5. The first-order valence-electron chi connectivity index (χ1n) is 4.21. The van der Waals surface area contributed by atoms with Gasteiger partial charge in [0.25, 0.3) is 6.43 Å². The van der Waals surface area contributed by atoms with Gasteiger partial charge in [-0.25, -0.2) is 8.78 Å². The lowest BCUT2D eigenvalue weighted by atomic mass is 10.3. The molecule has 78 valence electrons. The predicted molar refractivity (Wildman–Crippen MR) is 47.7 cm³/mol. The van der Waals surface area contributed by atoms with Gasteiger partial charge < -0.3 is 10.0 Å². The Hall–Kier alpha value is -0.820. The van der Waals surface area contributed by atoms with Gasteiger partial charge in [0.1, 0.15) is 0 Å². The number of aromatic nitrogens is 2. The van der Waals surface area contributed by atoms with Crippen LogP contribution in [0.1, 0.15) is 17.9 Å². The molecule has 1 atom stereocenters. The molecular formula is C7H9F2N3OS. The molecule has 0 bridgehead atoms. The summed E-state index contributed by atoms with van der Waals surface area (Å²) in [6.45, 7) is 1.11. The van der Waals surface area contributed by atoms with Gasteiger partial charge in [-0.3, -0.25) is 0 Å². The van der Waals surface area contributed by atoms with Crippen molar-refractivity contribution in [2.24, 2.45) is 0 Å². The van der Waals surface area contributed by atoms with Crippen LogP contribution in [0.2, 0.25) is 0 Å². The van der Waals surface area contributed by atoms with Crippen LogP contribution in [0.25, 0.3) is 0 Å². The average molecular weight is 221 g/mol. The standard InChI is InChI=1S/C7H9F2N3OS/c8-5(9)6-10-11-7(14-6)12-2-1-4(13)3-12/h4-5,13H,1-3H2. The van der Waals surface area contributed by atoms with Crippen LogP contribution >= 0.6 is 11.3 Å². The van der Waals surface area contributed by atoms with E-state index in [2.05, 4.69) is 10.2 Å². The second-order valence-electron chi connectivity index (χ2n) is 3.11. The minimum Gasteiger partial charge on any atom is -0.391 e. The zero-order valence-electron chi connectivity index (χ0n) is 7.23. The fraction of sp³-hybridized carbons (Fsp3) is 0.714. The molecule has 0 radical (unpaired) electrons. The third-order valence-electron chi connectivity index (χ3n) is 2.05. The van der Waals surface area contributed by atoms with E-state index in [4.69, 9.17) is 0 Å². The zero-order chi connectivity index (χ0) is 10.1. The Labute approximate surface area is 83.2 Å². The summed E-state index contributed by atoms with van der Waals surface area (Å²) < 4.78 is 24.4. The average Bonchev–Trinajstić information content (AvgIpc) is 2.70. The summed E-state index contributed by atoms with van der Waals surface area (Å²) in [7, 11) is 0. The van der Waals surface area contributed by atoms with Crippen molar-refractivity contribution in [3.05, 3.63) is 5.01 Å². The molecule has 1 aromatic rings. The second-order valence-corrected chi connectivity index (χ2v) is 4.10. The summed E-state index contributed by atoms with van der Waals surface area (Å²) in [5.41, 5.74) is 0. The molecule has 2 heterocycles. The zero-order valence-corrected chi connectivity index (χ0v) is 8.05. The van der Waals surface area contributed by atoms with E-state index in [9.17, 15) is 13.9 Å². The third-order valence-corrected chi connectivity index (χ3v) is 3.04. The first-order valence-corrected chi connectivity index (χ1v) is 5.03. The lowest BCUT2D eigenvalue weighted by Crippen LogP contribution is -2.20. The van der Waals surface area contributed by atoms with E-state index >= 15 is 0 Å². The highest BCUT2D eigenvalue weighted by Crippen LogP contribution is 2.29. The van der Waals surface area contributed by atoms with E-state index in [0.717, 1.165) is 11.3 Å². The topological polar surface area (TPSA) is 49.2 Å². The molecule has 1 aliphatic heterocycles. The number of hydrogen-bond acceptors (Lipinski definition) is 5. The number of nitrogens with zero attached hydrogens (tertiary/aromatic N) is 3. The maximum atomic E-state index is 12.2. The molecule has 2 rings (SSSR count). The Morgan fingerprint density at radius 2 is 2.29 bits per heavy atom. The van der Waals surface area contributed by atoms with Gasteiger partial charge in [0.2, 0.25) is 5.13 Å². The quantitative estimate of drug-likeness (QED) is 0.810. The lowest BCUT2D eigenvalue weighted by Gasteiger charge is -2.11. The van der Waals surface area contributed by atoms with Crippen molar-refractivity contribution in [1.29, 1.82) is 0 Å². The molecule has 0 spiro atoms. The normalized spacial score (nSPS) is 22.3. The first-order chi connectivity index (χ1) is 6.66. The van der Waals surface area contributed by atoms with Crippen molar-refractivity contribution < 1.29 is 13.9 Å². The van der Waals surface area contributed by atoms with Gasteiger partial charge in [-0.15, -0.1) is 10.2 Å². The maximum Gasteiger partial charge on any atom is 0.291 e. The SMILES string of the molecule is OC1CCN(c2nnc(C(F)F)s2)C1. The number of β-amino-alcohol motifs (C(OH)–C–C–N with tert-alkyl or cyclic N) is 1. The third kappa shape index (κ3) is 1.83. The monoisotopic (exact) mass is 221 g/mol. The summed E-state index contributed by atoms with van der Waals surface area (Å²) in [5.74, 6) is 0. The van der Waals surface area contributed by atoms with E-state index in [1.807, 2.05) is 0 Å². The van der Waals surface area contributed by atoms with E-state index < -0.39 is 6.43 Å². The number of aliphatic hydroxyl groups excluding tert-OH is 1. The number of hydrogen-bond donors (Lipinski definition) is 1. The highest BCUT2D eigenvalue weighted by atomic mass is 32.1. The lowest BCUT2D eigenvalue weighted by molar-refractivity contribution is 0.150. The van der Waals surface area contributed by atoms with Crippen LogP contribution in [-0.4, -0.2) is 34.5 Å². The number of rotatable bonds is 2. The number of anilines is 1. The van der Waals surface area contributed by atoms with Crippen LogP contribution in [-0.2, 0) is 0 Å². The van der Waals surface area contributed by atoms with Crippen LogP contribution in [0, 0.1) is 0 Å². The second kappa shape index (κ2) is 3.74. The number of alkyl halides is 2. The van der Waals surface area contributed by atoms with Crippen LogP contribution in [0.4, 0.5) is 13.9 Å². The van der Waals surface area contributed by atoms with Crippen molar-refractivity contribution in [2.45, 2.75) is 19.0 Å². The largest absolute Gasteiger partial charge is 0.391 e. The highest BCUT2D eigenvalue weighted by Gasteiger charge is 2.24. The van der Waals surface area contributed by atoms with Gasteiger partial charge in [-0.1, -0.05) is 11.3 Å². The molecule has 0 aromatic carbocycles. The maximum absolute atomic E-state index is 12.2. The van der Waals surface area contributed by atoms with Crippen LogP contribution in [0.3, 0.4) is 0 Å². The molecule has 1 saturated heterocycles. The van der Waals surface area contributed by atoms with E-state index in [1.165, 1.54) is 0 Å². The molecule has 4 nitrogen and oxygen atoms in total. The van der Waals surface area contributed by atoms with Crippen molar-refractivity contribution >= 4 is 16.5 Å². The first kappa shape index (κ1) is 9.72. The van der Waals surface area contributed by atoms with Gasteiger partial charge in [0.05, 0.1) is 6.10 Å². The predicted octanol–water partition coefficient (Wildman–Crippen LogP) is 1.05. The smallest absolute Gasteiger partial charge is 0.291 e. The molecule has 1 aromatic heterocycles. The van der Waals surface area contributed by atoms with Gasteiger partial charge >= 0.3 is 0 Å². The van der Waals surface area contributed by atoms with Crippen molar-refractivity contribution in [3.63, 3.8) is 0 Å². The summed E-state index contributed by atoms with van der Waals surface area (Å²) in [6.07, 6.45) is -2.29. The molecule has 7 heteroatoms. The highest BCUT2D eigenvalue weighted by molar-refractivity contribution is 7.15. The molecule has 1 unspecified atom stereocenters. The van der Waals surface area contributed by atoms with Crippen molar-refractivity contribution in [3.8, 4) is 0 Å². The molecule has 0 aliphatic carbocycles. The fourth-order valence-electron chi connectivity index (χ4n) is 1.36. The van der Waals surface area contributed by atoms with Gasteiger partial charge in [-0.2, -0.15) is 0 Å². The summed E-state index contributed by atoms with van der Waals surface area (Å²) in [6, 6.07) is 0. The Bertz CT molecular complexity index is 320. The Morgan fingerprint density at radius 3 is 2.79 bits per heavy atom. The fourth-order valence-corrected chi connectivity index (χ4v) is 2.09. The van der Waals surface area contributed by atoms with Crippen LogP contribution < -0.4 is 4.90 Å². The molecule has 14 heavy (non-hydrogen) atoms. The minimum atomic E-state index is -2.56. The minimum absolute atomic E-state index is 0.263. The Kier molecular flexibility index (Phi) is 2.60. The molecule has 1 fully saturated rings. The van der Waals surface area contributed by atoms with Crippen LogP contribution in [0.5, 0.6) is 0 Å². The van der Waals surface area contributed by atoms with E-state index in [0.29, 0.717) is 24.6 Å². The van der Waals surface area contributed by atoms with Crippen molar-refractivity contribution in [1.82, 2.24) is 10.2 Å². The number of aliphatic hydroxyl groups is 1. The molecular weight excluding hydrogens is 212 g/mol.